The van der Waals surface area contributed by atoms with Crippen LogP contribution in [0.15, 0.2) is 6.07 Å². The topological polar surface area (TPSA) is 26.0 Å². The summed E-state index contributed by atoms with van der Waals surface area (Å²) < 4.78 is 51.9. The van der Waals surface area contributed by atoms with E-state index in [0.717, 1.165) is 0 Å². The van der Waals surface area contributed by atoms with Gasteiger partial charge in [0, 0.05) is 17.7 Å². The van der Waals surface area contributed by atoms with Gasteiger partial charge in [-0.3, -0.25) is 0 Å². The molecule has 0 aromatic heterocycles. The number of nitrogens with two attached hydrogens (primary N) is 1. The van der Waals surface area contributed by atoms with E-state index in [2.05, 4.69) is 0 Å². The molecule has 0 aliphatic heterocycles. The highest BCUT2D eigenvalue weighted by molar-refractivity contribution is 5.85. The van der Waals surface area contributed by atoms with Gasteiger partial charge in [-0.15, -0.1) is 12.4 Å². The highest BCUT2D eigenvalue weighted by atomic mass is 35.5. The number of benzene rings is 1. The van der Waals surface area contributed by atoms with E-state index < -0.39 is 34.9 Å². The number of rotatable bonds is 3. The average molecular weight is 258 g/mol. The van der Waals surface area contributed by atoms with Gasteiger partial charge in [0.2, 0.25) is 0 Å². The van der Waals surface area contributed by atoms with E-state index in [-0.39, 0.29) is 24.9 Å². The van der Waals surface area contributed by atoms with Gasteiger partial charge in [-0.2, -0.15) is 0 Å². The minimum atomic E-state index is -1.42. The van der Waals surface area contributed by atoms with Gasteiger partial charge in [0.1, 0.15) is 0 Å². The maximum absolute atomic E-state index is 13.2. The molecule has 16 heavy (non-hydrogen) atoms. The highest BCUT2D eigenvalue weighted by Gasteiger charge is 2.23. The summed E-state index contributed by atoms with van der Waals surface area (Å²) in [5.41, 5.74) is 4.72. The molecule has 0 unspecified atom stereocenters. The van der Waals surface area contributed by atoms with Gasteiger partial charge in [-0.05, 0) is 6.42 Å². The monoisotopic (exact) mass is 257 g/mol. The van der Waals surface area contributed by atoms with Gasteiger partial charge in [-0.1, -0.05) is 13.3 Å². The minimum Gasteiger partial charge on any atom is -0.324 e. The van der Waals surface area contributed by atoms with Crippen LogP contribution in [0.1, 0.15) is 31.4 Å². The molecule has 0 heterocycles. The fraction of sp³-hybridized carbons (Fsp3) is 0.400. The van der Waals surface area contributed by atoms with Crippen LogP contribution in [0.5, 0.6) is 0 Å². The van der Waals surface area contributed by atoms with E-state index in [1.807, 2.05) is 0 Å². The Labute approximate surface area is 97.0 Å². The third kappa shape index (κ3) is 2.86. The van der Waals surface area contributed by atoms with Gasteiger partial charge in [0.05, 0.1) is 0 Å². The van der Waals surface area contributed by atoms with Crippen LogP contribution >= 0.6 is 12.4 Å². The first-order valence-electron chi connectivity index (χ1n) is 4.57. The second kappa shape index (κ2) is 6.06. The van der Waals surface area contributed by atoms with Crippen molar-refractivity contribution in [3.8, 4) is 0 Å². The van der Waals surface area contributed by atoms with Crippen molar-refractivity contribution in [2.24, 2.45) is 5.73 Å². The summed E-state index contributed by atoms with van der Waals surface area (Å²) in [6.45, 7) is 1.76. The molecule has 1 atom stereocenters. The summed E-state index contributed by atoms with van der Waals surface area (Å²) in [6, 6.07) is -0.854. The summed E-state index contributed by atoms with van der Waals surface area (Å²) in [5, 5.41) is 0. The molecule has 0 bridgehead atoms. The van der Waals surface area contributed by atoms with Crippen molar-refractivity contribution < 1.29 is 17.6 Å². The molecule has 0 aliphatic rings. The molecule has 0 radical (unpaired) electrons. The van der Waals surface area contributed by atoms with Crippen molar-refractivity contribution in [1.82, 2.24) is 0 Å². The van der Waals surface area contributed by atoms with E-state index in [1.54, 1.807) is 6.92 Å². The normalized spacial score (nSPS) is 12.1. The molecule has 2 N–H and O–H groups in total. The molecule has 92 valence electrons. The van der Waals surface area contributed by atoms with Crippen LogP contribution < -0.4 is 5.73 Å². The maximum atomic E-state index is 13.2. The maximum Gasteiger partial charge on any atom is 0.166 e. The summed E-state index contributed by atoms with van der Waals surface area (Å²) in [4.78, 5) is 0. The first-order chi connectivity index (χ1) is 6.99. The predicted molar refractivity (Wildman–Crippen MR) is 55.4 cm³/mol. The second-order valence-electron chi connectivity index (χ2n) is 3.28. The average Bonchev–Trinajstić information content (AvgIpc) is 2.16. The Bertz CT molecular complexity index is 344. The van der Waals surface area contributed by atoms with Crippen molar-refractivity contribution in [2.45, 2.75) is 25.8 Å². The molecule has 1 rings (SSSR count). The molecule has 0 aliphatic carbocycles. The van der Waals surface area contributed by atoms with Crippen molar-refractivity contribution in [2.75, 3.05) is 0 Å². The van der Waals surface area contributed by atoms with Gasteiger partial charge < -0.3 is 5.73 Å². The number of hydrogen-bond acceptors (Lipinski definition) is 1. The third-order valence-electron chi connectivity index (χ3n) is 2.12. The standard InChI is InChI=1S/C10H11F4N.ClH/c1-2-3-7(15)8-9(13)5(11)4-6(12)10(8)14;/h4,7H,2-3,15H2,1H3;1H/t7-;/m0./s1. The lowest BCUT2D eigenvalue weighted by Gasteiger charge is -2.13. The highest BCUT2D eigenvalue weighted by Crippen LogP contribution is 2.26. The Morgan fingerprint density at radius 3 is 1.94 bits per heavy atom. The molecule has 0 amide bonds. The molecule has 0 spiro atoms. The molecular weight excluding hydrogens is 246 g/mol. The van der Waals surface area contributed by atoms with Gasteiger partial charge >= 0.3 is 0 Å². The summed E-state index contributed by atoms with van der Waals surface area (Å²) in [6.07, 6.45) is 0.828. The lowest BCUT2D eigenvalue weighted by atomic mass is 10.0. The molecule has 1 aromatic carbocycles. The zero-order valence-corrected chi connectivity index (χ0v) is 9.38. The van der Waals surface area contributed by atoms with Crippen molar-refractivity contribution in [1.29, 1.82) is 0 Å². The third-order valence-corrected chi connectivity index (χ3v) is 2.12. The molecule has 1 nitrogen and oxygen atoms in total. The van der Waals surface area contributed by atoms with Gasteiger partial charge in [-0.25, -0.2) is 17.6 Å². The molecule has 0 saturated heterocycles. The SMILES string of the molecule is CCC[C@H](N)c1c(F)c(F)cc(F)c1F.Cl. The van der Waals surface area contributed by atoms with E-state index in [4.69, 9.17) is 5.73 Å². The summed E-state index contributed by atoms with van der Waals surface area (Å²) in [5.74, 6) is -5.66. The zero-order valence-electron chi connectivity index (χ0n) is 8.57. The summed E-state index contributed by atoms with van der Waals surface area (Å²) >= 11 is 0. The van der Waals surface area contributed by atoms with Crippen LogP contribution in [0.2, 0.25) is 0 Å². The van der Waals surface area contributed by atoms with Crippen LogP contribution in [-0.4, -0.2) is 0 Å². The smallest absolute Gasteiger partial charge is 0.166 e. The van der Waals surface area contributed by atoms with E-state index in [9.17, 15) is 17.6 Å². The lowest BCUT2D eigenvalue weighted by molar-refractivity contribution is 0.421. The number of halogens is 5. The van der Waals surface area contributed by atoms with Crippen molar-refractivity contribution in [3.05, 3.63) is 34.9 Å². The van der Waals surface area contributed by atoms with Crippen LogP contribution in [0.4, 0.5) is 17.6 Å². The first kappa shape index (κ1) is 15.2. The van der Waals surface area contributed by atoms with Crippen LogP contribution in [-0.2, 0) is 0 Å². The Hall–Kier alpha value is -0.810. The Morgan fingerprint density at radius 1 is 1.12 bits per heavy atom. The molecule has 0 saturated carbocycles. The molecule has 6 heteroatoms. The van der Waals surface area contributed by atoms with Gasteiger partial charge in [0.25, 0.3) is 0 Å². The molecule has 0 fully saturated rings. The Morgan fingerprint density at radius 2 is 1.56 bits per heavy atom. The first-order valence-corrected chi connectivity index (χ1v) is 4.57. The molecule has 1 aromatic rings. The Balaban J connectivity index is 0.00000225. The van der Waals surface area contributed by atoms with Gasteiger partial charge in [0.15, 0.2) is 23.3 Å². The minimum absolute atomic E-state index is 0. The lowest BCUT2D eigenvalue weighted by Crippen LogP contribution is -2.16. The van der Waals surface area contributed by atoms with Crippen molar-refractivity contribution >= 4 is 12.4 Å². The van der Waals surface area contributed by atoms with Crippen LogP contribution in [0, 0.1) is 23.3 Å². The Kier molecular flexibility index (Phi) is 5.75. The molecular formula is C10H12ClF4N. The summed E-state index contributed by atoms with van der Waals surface area (Å²) in [7, 11) is 0. The van der Waals surface area contributed by atoms with Crippen molar-refractivity contribution in [3.63, 3.8) is 0 Å². The fourth-order valence-corrected chi connectivity index (χ4v) is 1.37. The quantitative estimate of drug-likeness (QED) is 0.651. The zero-order chi connectivity index (χ0) is 11.6. The fourth-order valence-electron chi connectivity index (χ4n) is 1.37. The van der Waals surface area contributed by atoms with Crippen LogP contribution in [0.25, 0.3) is 0 Å². The predicted octanol–water partition coefficient (Wildman–Crippen LogP) is 3.46. The second-order valence-corrected chi connectivity index (χ2v) is 3.28. The van der Waals surface area contributed by atoms with Crippen LogP contribution in [0.3, 0.4) is 0 Å². The van der Waals surface area contributed by atoms with E-state index >= 15 is 0 Å². The van der Waals surface area contributed by atoms with E-state index in [0.29, 0.717) is 6.42 Å². The largest absolute Gasteiger partial charge is 0.324 e. The number of hydrogen-bond donors (Lipinski definition) is 1. The van der Waals surface area contributed by atoms with E-state index in [1.165, 1.54) is 0 Å².